The number of anilines is 1. The summed E-state index contributed by atoms with van der Waals surface area (Å²) in [5, 5.41) is 9.36. The van der Waals surface area contributed by atoms with E-state index in [1.54, 1.807) is 17.0 Å². The molecule has 0 spiro atoms. The predicted octanol–water partition coefficient (Wildman–Crippen LogP) is 2.59. The quantitative estimate of drug-likeness (QED) is 0.844. The van der Waals surface area contributed by atoms with Gasteiger partial charge in [-0.2, -0.15) is 0 Å². The maximum absolute atomic E-state index is 12.0. The van der Waals surface area contributed by atoms with Crippen LogP contribution in [0, 0.1) is 11.8 Å². The number of hydrogen-bond acceptors (Lipinski definition) is 2. The minimum Gasteiger partial charge on any atom is -0.395 e. The van der Waals surface area contributed by atoms with E-state index in [1.807, 2.05) is 6.07 Å². The fourth-order valence-electron chi connectivity index (χ4n) is 2.12. The van der Waals surface area contributed by atoms with Gasteiger partial charge in [0.15, 0.2) is 0 Å². The number of amides is 1. The Labute approximate surface area is 118 Å². The van der Waals surface area contributed by atoms with Crippen LogP contribution in [0.2, 0.25) is 5.02 Å². The fraction of sp³-hybridized carbons (Fsp3) is 0.400. The fourth-order valence-corrected chi connectivity index (χ4v) is 2.29. The average molecular weight is 278 g/mol. The van der Waals surface area contributed by atoms with E-state index in [1.165, 1.54) is 0 Å². The average Bonchev–Trinajstić information content (AvgIpc) is 2.40. The summed E-state index contributed by atoms with van der Waals surface area (Å²) in [4.78, 5) is 13.7. The highest BCUT2D eigenvalue weighted by Crippen LogP contribution is 2.27. The summed E-state index contributed by atoms with van der Waals surface area (Å²) in [6.45, 7) is 0.765. The second-order valence-electron chi connectivity index (χ2n) is 4.44. The normalized spacial score (nSPS) is 15.1. The molecule has 100 valence electrons. The summed E-state index contributed by atoms with van der Waals surface area (Å²) >= 11 is 5.98. The van der Waals surface area contributed by atoms with Crippen molar-refractivity contribution in [1.82, 2.24) is 0 Å². The van der Waals surface area contributed by atoms with Crippen LogP contribution >= 0.6 is 11.6 Å². The summed E-state index contributed by atoms with van der Waals surface area (Å²) in [6.07, 6.45) is 2.97. The van der Waals surface area contributed by atoms with E-state index < -0.39 is 0 Å². The first-order chi connectivity index (χ1) is 9.22. The Balaban J connectivity index is 2.33. The van der Waals surface area contributed by atoms with Crippen molar-refractivity contribution < 1.29 is 9.90 Å². The number of aliphatic hydroxyl groups is 1. The number of benzene rings is 1. The smallest absolute Gasteiger partial charge is 0.227 e. The maximum Gasteiger partial charge on any atom is 0.227 e. The molecule has 1 aromatic carbocycles. The predicted molar refractivity (Wildman–Crippen MR) is 76.2 cm³/mol. The van der Waals surface area contributed by atoms with Crippen LogP contribution in [0.5, 0.6) is 0 Å². The van der Waals surface area contributed by atoms with Crippen LogP contribution in [0.3, 0.4) is 0 Å². The molecule has 1 heterocycles. The highest BCUT2D eigenvalue weighted by atomic mass is 35.5. The van der Waals surface area contributed by atoms with Gasteiger partial charge in [-0.1, -0.05) is 23.4 Å². The van der Waals surface area contributed by atoms with Crippen LogP contribution in [0.15, 0.2) is 18.2 Å². The number of rotatable bonds is 2. The highest BCUT2D eigenvalue weighted by molar-refractivity contribution is 6.30. The molecule has 0 aromatic heterocycles. The third-order valence-corrected chi connectivity index (χ3v) is 3.27. The van der Waals surface area contributed by atoms with Crippen molar-refractivity contribution in [3.8, 4) is 11.8 Å². The number of aliphatic hydroxyl groups excluding tert-OH is 1. The highest BCUT2D eigenvalue weighted by Gasteiger charge is 2.21. The van der Waals surface area contributed by atoms with Crippen molar-refractivity contribution in [2.75, 3.05) is 18.1 Å². The lowest BCUT2D eigenvalue weighted by molar-refractivity contribution is -0.119. The molecule has 0 saturated carbocycles. The lowest BCUT2D eigenvalue weighted by Crippen LogP contribution is -2.35. The van der Waals surface area contributed by atoms with Crippen LogP contribution in [0.1, 0.15) is 31.2 Å². The van der Waals surface area contributed by atoms with Crippen molar-refractivity contribution in [2.24, 2.45) is 0 Å². The molecule has 0 radical (unpaired) electrons. The Hall–Kier alpha value is -1.50. The van der Waals surface area contributed by atoms with Gasteiger partial charge < -0.3 is 10.0 Å². The molecule has 2 rings (SSSR count). The molecule has 0 unspecified atom stereocenters. The molecule has 0 atom stereocenters. The Morgan fingerprint density at radius 3 is 2.95 bits per heavy atom. The van der Waals surface area contributed by atoms with Gasteiger partial charge in [-0.3, -0.25) is 4.79 Å². The first-order valence-electron chi connectivity index (χ1n) is 6.42. The van der Waals surface area contributed by atoms with Crippen molar-refractivity contribution in [2.45, 2.75) is 25.7 Å². The van der Waals surface area contributed by atoms with Crippen LogP contribution in [0.4, 0.5) is 5.69 Å². The zero-order valence-corrected chi connectivity index (χ0v) is 11.4. The minimum absolute atomic E-state index is 0.0333. The van der Waals surface area contributed by atoms with E-state index in [-0.39, 0.29) is 12.5 Å². The van der Waals surface area contributed by atoms with E-state index in [2.05, 4.69) is 11.8 Å². The van der Waals surface area contributed by atoms with Crippen molar-refractivity contribution in [3.05, 3.63) is 28.8 Å². The molecule has 0 bridgehead atoms. The maximum atomic E-state index is 12.0. The van der Waals surface area contributed by atoms with Gasteiger partial charge in [0.05, 0.1) is 12.3 Å². The third-order valence-electron chi connectivity index (χ3n) is 3.03. The van der Waals surface area contributed by atoms with Crippen LogP contribution in [-0.4, -0.2) is 24.2 Å². The molecule has 1 aliphatic heterocycles. The standard InChI is InChI=1S/C15H16ClNO2/c16-13-7-8-14(12(11-13)5-2-4-10-18)17-9-3-1-6-15(17)19/h7-8,11,18H,1,3-4,6,9-10H2. The lowest BCUT2D eigenvalue weighted by atomic mass is 10.1. The second-order valence-corrected chi connectivity index (χ2v) is 4.88. The van der Waals surface area contributed by atoms with Gasteiger partial charge in [0.2, 0.25) is 5.91 Å². The molecular formula is C15H16ClNO2. The molecule has 1 aliphatic rings. The number of piperidine rings is 1. The molecule has 1 N–H and O–H groups in total. The number of carbonyl (C=O) groups excluding carboxylic acids is 1. The van der Waals surface area contributed by atoms with E-state index in [0.717, 1.165) is 30.6 Å². The van der Waals surface area contributed by atoms with E-state index in [4.69, 9.17) is 16.7 Å². The second kappa shape index (κ2) is 6.60. The molecule has 0 aliphatic carbocycles. The Bertz CT molecular complexity index is 531. The Morgan fingerprint density at radius 1 is 1.37 bits per heavy atom. The van der Waals surface area contributed by atoms with Gasteiger partial charge in [0.1, 0.15) is 0 Å². The number of carbonyl (C=O) groups is 1. The zero-order valence-electron chi connectivity index (χ0n) is 10.7. The molecule has 4 heteroatoms. The first kappa shape index (κ1) is 13.9. The summed E-state index contributed by atoms with van der Waals surface area (Å²) in [5.74, 6) is 6.00. The SMILES string of the molecule is O=C1CCCCN1c1ccc(Cl)cc1C#CCCO. The summed E-state index contributed by atoms with van der Waals surface area (Å²) in [5.41, 5.74) is 1.57. The summed E-state index contributed by atoms with van der Waals surface area (Å²) < 4.78 is 0. The van der Waals surface area contributed by atoms with Crippen LogP contribution in [-0.2, 0) is 4.79 Å². The van der Waals surface area contributed by atoms with Gasteiger partial charge in [0.25, 0.3) is 0 Å². The van der Waals surface area contributed by atoms with Gasteiger partial charge in [-0.05, 0) is 31.0 Å². The van der Waals surface area contributed by atoms with E-state index in [9.17, 15) is 4.79 Å². The minimum atomic E-state index is 0.0333. The van der Waals surface area contributed by atoms with Crippen molar-refractivity contribution in [3.63, 3.8) is 0 Å². The van der Waals surface area contributed by atoms with Gasteiger partial charge in [0, 0.05) is 30.0 Å². The molecule has 1 saturated heterocycles. The van der Waals surface area contributed by atoms with E-state index in [0.29, 0.717) is 17.9 Å². The number of hydrogen-bond donors (Lipinski definition) is 1. The van der Waals surface area contributed by atoms with E-state index >= 15 is 0 Å². The number of halogens is 1. The van der Waals surface area contributed by atoms with Crippen molar-refractivity contribution >= 4 is 23.2 Å². The van der Waals surface area contributed by atoms with Gasteiger partial charge >= 0.3 is 0 Å². The molecule has 1 fully saturated rings. The molecule has 19 heavy (non-hydrogen) atoms. The Kier molecular flexibility index (Phi) is 4.84. The molecule has 1 aromatic rings. The number of nitrogens with zero attached hydrogens (tertiary/aromatic N) is 1. The zero-order chi connectivity index (χ0) is 13.7. The van der Waals surface area contributed by atoms with Gasteiger partial charge in [-0.15, -0.1) is 0 Å². The van der Waals surface area contributed by atoms with Crippen LogP contribution < -0.4 is 4.90 Å². The Morgan fingerprint density at radius 2 is 2.21 bits per heavy atom. The topological polar surface area (TPSA) is 40.5 Å². The lowest BCUT2D eigenvalue weighted by Gasteiger charge is -2.27. The van der Waals surface area contributed by atoms with Crippen molar-refractivity contribution in [1.29, 1.82) is 0 Å². The van der Waals surface area contributed by atoms with Gasteiger partial charge in [-0.25, -0.2) is 0 Å². The molecular weight excluding hydrogens is 262 g/mol. The van der Waals surface area contributed by atoms with Crippen LogP contribution in [0.25, 0.3) is 0 Å². The largest absolute Gasteiger partial charge is 0.395 e. The summed E-state index contributed by atoms with van der Waals surface area (Å²) in [7, 11) is 0. The first-order valence-corrected chi connectivity index (χ1v) is 6.80. The monoisotopic (exact) mass is 277 g/mol. The molecule has 1 amide bonds. The third kappa shape index (κ3) is 3.50. The summed E-state index contributed by atoms with van der Waals surface area (Å²) in [6, 6.07) is 5.38. The molecule has 3 nitrogen and oxygen atoms in total.